The van der Waals surface area contributed by atoms with Gasteiger partial charge in [0.15, 0.2) is 6.29 Å². The van der Waals surface area contributed by atoms with Crippen LogP contribution in [-0.4, -0.2) is 22.4 Å². The Morgan fingerprint density at radius 1 is 1.89 bits per heavy atom. The fraction of sp³-hybridized carbons (Fsp3) is 0.250. The second-order valence-corrected chi connectivity index (χ2v) is 1.67. The molecule has 1 aliphatic rings. The van der Waals surface area contributed by atoms with Crippen molar-refractivity contribution in [2.24, 2.45) is 5.73 Å². The van der Waals surface area contributed by atoms with Crippen LogP contribution in [0, 0.1) is 5.41 Å². The standard InChI is InChI=1S/C4H8N4O/c5-3-1-2-7-4(6)8(3)9/h1-2,4-5,7,9H,6H2. The van der Waals surface area contributed by atoms with Gasteiger partial charge in [0.25, 0.3) is 0 Å². The third-order valence-corrected chi connectivity index (χ3v) is 1.02. The maximum absolute atomic E-state index is 8.82. The van der Waals surface area contributed by atoms with Crippen LogP contribution < -0.4 is 11.1 Å². The zero-order chi connectivity index (χ0) is 6.85. The number of nitrogens with zero attached hydrogens (tertiary/aromatic N) is 1. The first kappa shape index (κ1) is 6.06. The van der Waals surface area contributed by atoms with Gasteiger partial charge in [0, 0.05) is 6.20 Å². The molecule has 0 saturated heterocycles. The summed E-state index contributed by atoms with van der Waals surface area (Å²) in [5.74, 6) is -0.0127. The highest BCUT2D eigenvalue weighted by Crippen LogP contribution is 1.93. The molecule has 0 spiro atoms. The van der Waals surface area contributed by atoms with Crippen LogP contribution in [0.25, 0.3) is 0 Å². The third kappa shape index (κ3) is 1.01. The van der Waals surface area contributed by atoms with Gasteiger partial charge in [-0.1, -0.05) is 0 Å². The third-order valence-electron chi connectivity index (χ3n) is 1.02. The predicted octanol–water partition coefficient (Wildman–Crippen LogP) is -0.986. The predicted molar refractivity (Wildman–Crippen MR) is 31.6 cm³/mol. The molecule has 1 aliphatic heterocycles. The van der Waals surface area contributed by atoms with Crippen LogP contribution in [0.15, 0.2) is 12.3 Å². The molecule has 1 heterocycles. The fourth-order valence-corrected chi connectivity index (χ4v) is 0.522. The van der Waals surface area contributed by atoms with E-state index in [1.807, 2.05) is 0 Å². The van der Waals surface area contributed by atoms with Crippen molar-refractivity contribution in [1.29, 1.82) is 5.41 Å². The highest BCUT2D eigenvalue weighted by molar-refractivity contribution is 5.89. The van der Waals surface area contributed by atoms with Gasteiger partial charge in [0.2, 0.25) is 0 Å². The minimum Gasteiger partial charge on any atom is -0.357 e. The Bertz CT molecular complexity index is 155. The van der Waals surface area contributed by atoms with Crippen molar-refractivity contribution >= 4 is 5.84 Å². The Labute approximate surface area is 52.2 Å². The van der Waals surface area contributed by atoms with E-state index in [2.05, 4.69) is 5.32 Å². The molecule has 0 aromatic heterocycles. The molecular weight excluding hydrogens is 120 g/mol. The van der Waals surface area contributed by atoms with Gasteiger partial charge in [0.05, 0.1) is 0 Å². The van der Waals surface area contributed by atoms with Crippen molar-refractivity contribution in [2.75, 3.05) is 0 Å². The van der Waals surface area contributed by atoms with E-state index in [-0.39, 0.29) is 5.84 Å². The SMILES string of the molecule is N=C1C=CNC(N)N1O. The molecule has 0 aromatic carbocycles. The quantitative estimate of drug-likeness (QED) is 0.337. The number of hydrogen-bond donors (Lipinski definition) is 4. The number of hydroxylamine groups is 2. The molecule has 5 nitrogen and oxygen atoms in total. The molecule has 1 rings (SSSR count). The summed E-state index contributed by atoms with van der Waals surface area (Å²) in [6.45, 7) is 0. The summed E-state index contributed by atoms with van der Waals surface area (Å²) in [4.78, 5) is 0. The Balaban J connectivity index is 2.69. The monoisotopic (exact) mass is 128 g/mol. The van der Waals surface area contributed by atoms with Crippen molar-refractivity contribution in [2.45, 2.75) is 6.29 Å². The lowest BCUT2D eigenvalue weighted by Crippen LogP contribution is -2.52. The first-order valence-corrected chi connectivity index (χ1v) is 2.46. The molecule has 0 amide bonds. The largest absolute Gasteiger partial charge is 0.357 e. The summed E-state index contributed by atoms with van der Waals surface area (Å²) in [5.41, 5.74) is 5.24. The Morgan fingerprint density at radius 2 is 2.56 bits per heavy atom. The van der Waals surface area contributed by atoms with Gasteiger partial charge in [-0.25, -0.2) is 5.06 Å². The molecule has 0 saturated carbocycles. The van der Waals surface area contributed by atoms with E-state index >= 15 is 0 Å². The number of amidine groups is 1. The molecule has 5 heteroatoms. The summed E-state index contributed by atoms with van der Waals surface area (Å²) >= 11 is 0. The van der Waals surface area contributed by atoms with Gasteiger partial charge >= 0.3 is 0 Å². The first-order valence-electron chi connectivity index (χ1n) is 2.46. The van der Waals surface area contributed by atoms with Crippen molar-refractivity contribution < 1.29 is 5.21 Å². The van der Waals surface area contributed by atoms with Crippen LogP contribution in [0.3, 0.4) is 0 Å². The van der Waals surface area contributed by atoms with Gasteiger partial charge in [-0.2, -0.15) is 0 Å². The molecule has 1 unspecified atom stereocenters. The molecule has 50 valence electrons. The lowest BCUT2D eigenvalue weighted by molar-refractivity contribution is -0.0607. The molecule has 0 radical (unpaired) electrons. The maximum atomic E-state index is 8.82. The van der Waals surface area contributed by atoms with E-state index in [1.165, 1.54) is 12.3 Å². The van der Waals surface area contributed by atoms with Gasteiger partial charge in [-0.3, -0.25) is 16.4 Å². The summed E-state index contributed by atoms with van der Waals surface area (Å²) < 4.78 is 0. The highest BCUT2D eigenvalue weighted by atomic mass is 16.5. The number of nitrogens with one attached hydrogen (secondary N) is 2. The molecule has 0 fully saturated rings. The lowest BCUT2D eigenvalue weighted by atomic mass is 10.4. The van der Waals surface area contributed by atoms with E-state index in [4.69, 9.17) is 16.4 Å². The van der Waals surface area contributed by atoms with Crippen LogP contribution in [0.4, 0.5) is 0 Å². The summed E-state index contributed by atoms with van der Waals surface area (Å²) in [5, 5.41) is 19.0. The van der Waals surface area contributed by atoms with Crippen LogP contribution in [0.2, 0.25) is 0 Å². The summed E-state index contributed by atoms with van der Waals surface area (Å²) in [6, 6.07) is 0. The van der Waals surface area contributed by atoms with Crippen molar-refractivity contribution in [3.8, 4) is 0 Å². The zero-order valence-corrected chi connectivity index (χ0v) is 4.70. The van der Waals surface area contributed by atoms with Gasteiger partial charge in [-0.05, 0) is 6.08 Å². The van der Waals surface area contributed by atoms with Crippen molar-refractivity contribution in [1.82, 2.24) is 10.4 Å². The fourth-order valence-electron chi connectivity index (χ4n) is 0.522. The molecule has 0 bridgehead atoms. The van der Waals surface area contributed by atoms with Crippen LogP contribution >= 0.6 is 0 Å². The van der Waals surface area contributed by atoms with Crippen molar-refractivity contribution in [3.63, 3.8) is 0 Å². The van der Waals surface area contributed by atoms with Gasteiger partial charge in [-0.15, -0.1) is 0 Å². The van der Waals surface area contributed by atoms with Crippen LogP contribution in [-0.2, 0) is 0 Å². The summed E-state index contributed by atoms with van der Waals surface area (Å²) in [7, 11) is 0. The second-order valence-electron chi connectivity index (χ2n) is 1.67. The van der Waals surface area contributed by atoms with E-state index in [1.54, 1.807) is 0 Å². The Kier molecular flexibility index (Phi) is 1.37. The maximum Gasteiger partial charge on any atom is 0.178 e. The van der Waals surface area contributed by atoms with Crippen LogP contribution in [0.5, 0.6) is 0 Å². The number of rotatable bonds is 0. The van der Waals surface area contributed by atoms with E-state index in [0.29, 0.717) is 5.06 Å². The normalized spacial score (nSPS) is 26.2. The molecule has 0 aliphatic carbocycles. The topological polar surface area (TPSA) is 85.4 Å². The van der Waals surface area contributed by atoms with E-state index < -0.39 is 6.29 Å². The minimum absolute atomic E-state index is 0.0127. The minimum atomic E-state index is -0.692. The number of hydrogen-bond acceptors (Lipinski definition) is 4. The average molecular weight is 128 g/mol. The highest BCUT2D eigenvalue weighted by Gasteiger charge is 2.14. The van der Waals surface area contributed by atoms with Gasteiger partial charge in [0.1, 0.15) is 5.84 Å². The lowest BCUT2D eigenvalue weighted by Gasteiger charge is -2.26. The molecule has 9 heavy (non-hydrogen) atoms. The Hall–Kier alpha value is -1.07. The molecule has 1 atom stereocenters. The Morgan fingerprint density at radius 3 is 3.00 bits per heavy atom. The van der Waals surface area contributed by atoms with Crippen LogP contribution in [0.1, 0.15) is 0 Å². The van der Waals surface area contributed by atoms with Gasteiger partial charge < -0.3 is 5.32 Å². The zero-order valence-electron chi connectivity index (χ0n) is 4.70. The average Bonchev–Trinajstić information content (AvgIpc) is 1.83. The van der Waals surface area contributed by atoms with E-state index in [0.717, 1.165) is 0 Å². The first-order chi connectivity index (χ1) is 4.22. The molecule has 0 aromatic rings. The smallest absolute Gasteiger partial charge is 0.178 e. The number of nitrogens with two attached hydrogens (primary N) is 1. The molecule has 5 N–H and O–H groups in total. The van der Waals surface area contributed by atoms with Crippen molar-refractivity contribution in [3.05, 3.63) is 12.3 Å². The van der Waals surface area contributed by atoms with E-state index in [9.17, 15) is 0 Å². The molecular formula is C4H8N4O. The second kappa shape index (κ2) is 2.04. The summed E-state index contributed by atoms with van der Waals surface area (Å²) in [6.07, 6.45) is 2.23.